The van der Waals surface area contributed by atoms with Crippen molar-refractivity contribution in [1.29, 1.82) is 0 Å². The zero-order valence-corrected chi connectivity index (χ0v) is 11.1. The van der Waals surface area contributed by atoms with Crippen molar-refractivity contribution in [1.82, 2.24) is 4.98 Å². The molecule has 1 aliphatic heterocycles. The fourth-order valence-electron chi connectivity index (χ4n) is 1.88. The van der Waals surface area contributed by atoms with Crippen LogP contribution in [0.1, 0.15) is 0 Å². The summed E-state index contributed by atoms with van der Waals surface area (Å²) < 4.78 is 5.53. The van der Waals surface area contributed by atoms with Crippen molar-refractivity contribution in [3.63, 3.8) is 0 Å². The normalized spacial score (nSPS) is 14.3. The van der Waals surface area contributed by atoms with Crippen LogP contribution in [0.25, 0.3) is 11.3 Å². The van der Waals surface area contributed by atoms with Crippen LogP contribution in [-0.4, -0.2) is 24.5 Å². The van der Waals surface area contributed by atoms with Gasteiger partial charge < -0.3 is 9.64 Å². The lowest BCUT2D eigenvalue weighted by atomic mass is 10.1. The fraction of sp³-hybridized carbons (Fsp3) is 0.167. The van der Waals surface area contributed by atoms with Crippen molar-refractivity contribution >= 4 is 34.5 Å². The predicted octanol–water partition coefficient (Wildman–Crippen LogP) is 2.82. The molecule has 0 unspecified atom stereocenters. The van der Waals surface area contributed by atoms with Crippen molar-refractivity contribution in [2.75, 3.05) is 18.6 Å². The first-order chi connectivity index (χ1) is 8.66. The number of hydrogen-bond acceptors (Lipinski definition) is 4. The number of anilines is 1. The zero-order valence-electron chi connectivity index (χ0n) is 9.51. The number of fused-ring (bicyclic) bond motifs is 1. The number of benzene rings is 1. The highest BCUT2D eigenvalue weighted by Gasteiger charge is 2.26. The van der Waals surface area contributed by atoms with Gasteiger partial charge in [0.15, 0.2) is 12.4 Å². The number of carbonyl (C=O) groups excluding carboxylic acids is 1. The smallest absolute Gasteiger partial charge is 0.264 e. The lowest BCUT2D eigenvalue weighted by molar-refractivity contribution is -0.120. The van der Waals surface area contributed by atoms with E-state index < -0.39 is 0 Å². The molecule has 0 atom stereocenters. The summed E-state index contributed by atoms with van der Waals surface area (Å²) >= 11 is 7.60. The Labute approximate surface area is 113 Å². The van der Waals surface area contributed by atoms with E-state index in [0.29, 0.717) is 16.5 Å². The maximum atomic E-state index is 11.6. The van der Waals surface area contributed by atoms with Crippen LogP contribution in [0.5, 0.6) is 5.75 Å². The molecule has 0 spiro atoms. The van der Waals surface area contributed by atoms with Crippen LogP contribution >= 0.6 is 22.9 Å². The van der Waals surface area contributed by atoms with E-state index in [1.807, 2.05) is 5.38 Å². The van der Waals surface area contributed by atoms with Crippen LogP contribution < -0.4 is 9.64 Å². The van der Waals surface area contributed by atoms with E-state index in [4.69, 9.17) is 16.3 Å². The molecule has 2 heterocycles. The first kappa shape index (κ1) is 11.5. The molecule has 0 saturated heterocycles. The Bertz CT molecular complexity index is 613. The lowest BCUT2D eigenvalue weighted by Crippen LogP contribution is -2.35. The van der Waals surface area contributed by atoms with Crippen LogP contribution in [0, 0.1) is 0 Å². The third-order valence-corrected chi connectivity index (χ3v) is 3.62. The Morgan fingerprint density at radius 1 is 1.50 bits per heavy atom. The van der Waals surface area contributed by atoms with E-state index in [-0.39, 0.29) is 12.5 Å². The molecular weight excluding hydrogens is 272 g/mol. The number of halogens is 1. The number of thiazole rings is 1. The molecule has 0 saturated carbocycles. The second kappa shape index (κ2) is 4.26. The first-order valence-corrected chi connectivity index (χ1v) is 6.60. The number of carbonyl (C=O) groups is 1. The van der Waals surface area contributed by atoms with E-state index in [0.717, 1.165) is 11.3 Å². The molecule has 92 valence electrons. The summed E-state index contributed by atoms with van der Waals surface area (Å²) in [6, 6.07) is 3.53. The van der Waals surface area contributed by atoms with Crippen LogP contribution in [0.3, 0.4) is 0 Å². The highest BCUT2D eigenvalue weighted by atomic mass is 35.5. The molecule has 0 fully saturated rings. The molecule has 1 aliphatic rings. The number of ether oxygens (including phenoxy) is 1. The Hall–Kier alpha value is -1.59. The molecule has 0 N–H and O–H groups in total. The SMILES string of the molecule is CN1C(=O)COc2c(-c3cscn3)cc(Cl)cc21. The van der Waals surface area contributed by atoms with Gasteiger partial charge in [0.1, 0.15) is 0 Å². The van der Waals surface area contributed by atoms with E-state index in [9.17, 15) is 4.79 Å². The van der Waals surface area contributed by atoms with Crippen molar-refractivity contribution in [3.05, 3.63) is 28.0 Å². The van der Waals surface area contributed by atoms with Gasteiger partial charge in [-0.05, 0) is 12.1 Å². The molecule has 1 amide bonds. The summed E-state index contributed by atoms with van der Waals surface area (Å²) in [5.41, 5.74) is 4.06. The van der Waals surface area contributed by atoms with Gasteiger partial charge in [-0.1, -0.05) is 11.6 Å². The third kappa shape index (κ3) is 1.76. The van der Waals surface area contributed by atoms with Crippen LogP contribution in [-0.2, 0) is 4.79 Å². The number of rotatable bonds is 1. The summed E-state index contributed by atoms with van der Waals surface area (Å²) in [7, 11) is 1.71. The molecule has 0 aliphatic carbocycles. The van der Waals surface area contributed by atoms with Crippen LogP contribution in [0.2, 0.25) is 5.02 Å². The number of amides is 1. The molecule has 1 aromatic carbocycles. The molecule has 4 nitrogen and oxygen atoms in total. The minimum atomic E-state index is -0.0889. The largest absolute Gasteiger partial charge is 0.481 e. The summed E-state index contributed by atoms with van der Waals surface area (Å²) in [5.74, 6) is 0.571. The van der Waals surface area contributed by atoms with Crippen LogP contribution in [0.15, 0.2) is 23.0 Å². The molecule has 6 heteroatoms. The maximum Gasteiger partial charge on any atom is 0.264 e. The van der Waals surface area contributed by atoms with Crippen molar-refractivity contribution in [2.24, 2.45) is 0 Å². The standard InChI is InChI=1S/C12H9ClN2O2S/c1-15-10-3-7(13)2-8(9-5-18-6-14-9)12(10)17-4-11(15)16/h2-3,5-6H,4H2,1H3. The van der Waals surface area contributed by atoms with E-state index >= 15 is 0 Å². The fourth-order valence-corrected chi connectivity index (χ4v) is 2.65. The number of nitrogens with zero attached hydrogens (tertiary/aromatic N) is 2. The molecule has 0 bridgehead atoms. The lowest BCUT2D eigenvalue weighted by Gasteiger charge is -2.27. The van der Waals surface area contributed by atoms with Gasteiger partial charge in [-0.15, -0.1) is 11.3 Å². The monoisotopic (exact) mass is 280 g/mol. The second-order valence-corrected chi connectivity index (χ2v) is 5.07. The van der Waals surface area contributed by atoms with Gasteiger partial charge >= 0.3 is 0 Å². The third-order valence-electron chi connectivity index (χ3n) is 2.82. The van der Waals surface area contributed by atoms with Gasteiger partial charge in [0.05, 0.1) is 16.9 Å². The second-order valence-electron chi connectivity index (χ2n) is 3.92. The van der Waals surface area contributed by atoms with Gasteiger partial charge in [0, 0.05) is 23.0 Å². The zero-order chi connectivity index (χ0) is 12.7. The van der Waals surface area contributed by atoms with Gasteiger partial charge in [0.2, 0.25) is 0 Å². The van der Waals surface area contributed by atoms with E-state index in [1.165, 1.54) is 11.3 Å². The summed E-state index contributed by atoms with van der Waals surface area (Å²) in [5, 5.41) is 2.48. The highest BCUT2D eigenvalue weighted by molar-refractivity contribution is 7.07. The Balaban J connectivity index is 2.23. The van der Waals surface area contributed by atoms with E-state index in [1.54, 1.807) is 29.6 Å². The Kier molecular flexibility index (Phi) is 2.72. The molecule has 1 aromatic heterocycles. The summed E-state index contributed by atoms with van der Waals surface area (Å²) in [6.07, 6.45) is 0. The molecular formula is C12H9ClN2O2S. The Morgan fingerprint density at radius 2 is 2.33 bits per heavy atom. The van der Waals surface area contributed by atoms with Crippen molar-refractivity contribution in [3.8, 4) is 17.0 Å². The number of aromatic nitrogens is 1. The molecule has 0 radical (unpaired) electrons. The van der Waals surface area contributed by atoms with Crippen molar-refractivity contribution < 1.29 is 9.53 Å². The summed E-state index contributed by atoms with van der Waals surface area (Å²) in [6.45, 7) is 0.0439. The molecule has 18 heavy (non-hydrogen) atoms. The predicted molar refractivity (Wildman–Crippen MR) is 71.5 cm³/mol. The Morgan fingerprint density at radius 3 is 3.06 bits per heavy atom. The number of hydrogen-bond donors (Lipinski definition) is 0. The van der Waals surface area contributed by atoms with E-state index in [2.05, 4.69) is 4.98 Å². The van der Waals surface area contributed by atoms with Gasteiger partial charge in [-0.25, -0.2) is 4.98 Å². The topological polar surface area (TPSA) is 42.4 Å². The molecule has 3 rings (SSSR count). The minimum Gasteiger partial charge on any atom is -0.481 e. The van der Waals surface area contributed by atoms with Crippen LogP contribution in [0.4, 0.5) is 5.69 Å². The average Bonchev–Trinajstić information content (AvgIpc) is 2.87. The first-order valence-electron chi connectivity index (χ1n) is 5.28. The average molecular weight is 281 g/mol. The summed E-state index contributed by atoms with van der Waals surface area (Å²) in [4.78, 5) is 17.4. The number of likely N-dealkylation sites (N-methyl/N-ethyl adjacent to an activating group) is 1. The van der Waals surface area contributed by atoms with Gasteiger partial charge in [-0.3, -0.25) is 4.79 Å². The van der Waals surface area contributed by atoms with Gasteiger partial charge in [0.25, 0.3) is 5.91 Å². The quantitative estimate of drug-likeness (QED) is 0.807. The van der Waals surface area contributed by atoms with Gasteiger partial charge in [-0.2, -0.15) is 0 Å². The highest BCUT2D eigenvalue weighted by Crippen LogP contribution is 2.42. The molecule has 2 aromatic rings. The minimum absolute atomic E-state index is 0.0439. The van der Waals surface area contributed by atoms with Crippen molar-refractivity contribution in [2.45, 2.75) is 0 Å². The maximum absolute atomic E-state index is 11.6.